The van der Waals surface area contributed by atoms with Crippen molar-refractivity contribution in [1.82, 2.24) is 9.29 Å². The summed E-state index contributed by atoms with van der Waals surface area (Å²) in [6.45, 7) is 10.9. The predicted molar refractivity (Wildman–Crippen MR) is 168 cm³/mol. The van der Waals surface area contributed by atoms with Crippen molar-refractivity contribution < 1.29 is 13.2 Å². The molecule has 0 atom stereocenters. The molecule has 1 amide bonds. The van der Waals surface area contributed by atoms with Crippen LogP contribution in [0.15, 0.2) is 81.2 Å². The summed E-state index contributed by atoms with van der Waals surface area (Å²) in [5.74, 6) is -0.0393. The molecule has 0 aliphatic heterocycles. The zero-order valence-corrected chi connectivity index (χ0v) is 26.4. The molecule has 0 saturated carbocycles. The van der Waals surface area contributed by atoms with E-state index in [1.165, 1.54) is 44.9 Å². The lowest BCUT2D eigenvalue weighted by molar-refractivity contribution is 0.0987. The van der Waals surface area contributed by atoms with Crippen LogP contribution in [0.4, 0.5) is 5.13 Å². The Labute approximate surface area is 248 Å². The lowest BCUT2D eigenvalue weighted by atomic mass is 10.2. The molecule has 1 heterocycles. The summed E-state index contributed by atoms with van der Waals surface area (Å²) in [7, 11) is -3.71. The number of thiazole rings is 1. The van der Waals surface area contributed by atoms with Crippen molar-refractivity contribution in [1.29, 1.82) is 0 Å². The summed E-state index contributed by atoms with van der Waals surface area (Å²) in [6, 6.07) is 19.6. The third kappa shape index (κ3) is 7.23. The van der Waals surface area contributed by atoms with E-state index in [1.54, 1.807) is 6.21 Å². The second-order valence-electron chi connectivity index (χ2n) is 10.5. The van der Waals surface area contributed by atoms with E-state index in [2.05, 4.69) is 26.0 Å². The monoisotopic (exact) mass is 640 g/mol. The van der Waals surface area contributed by atoms with Gasteiger partial charge in [-0.05, 0) is 78.4 Å². The number of sulfonamides is 1. The van der Waals surface area contributed by atoms with Gasteiger partial charge in [-0.1, -0.05) is 73.2 Å². The molecule has 10 heteroatoms. The fourth-order valence-electron chi connectivity index (χ4n) is 4.10. The maximum absolute atomic E-state index is 13.8. The van der Waals surface area contributed by atoms with Crippen molar-refractivity contribution >= 4 is 64.8 Å². The number of nitrogens with zero attached hydrogens (tertiary/aromatic N) is 4. The van der Waals surface area contributed by atoms with Crippen molar-refractivity contribution in [3.8, 4) is 0 Å². The molecule has 1 aromatic heterocycles. The number of aryl methyl sites for hydroxylation is 1. The number of hydrazone groups is 1. The number of hydrogen-bond donors (Lipinski definition) is 0. The van der Waals surface area contributed by atoms with Gasteiger partial charge in [0.15, 0.2) is 0 Å². The van der Waals surface area contributed by atoms with Gasteiger partial charge in [0, 0.05) is 23.1 Å². The first-order chi connectivity index (χ1) is 18.9. The summed E-state index contributed by atoms with van der Waals surface area (Å²) in [5.41, 5.74) is 3.00. The molecule has 210 valence electrons. The van der Waals surface area contributed by atoms with E-state index in [1.807, 2.05) is 77.1 Å². The lowest BCUT2D eigenvalue weighted by Crippen LogP contribution is -2.37. The Morgan fingerprint density at radius 2 is 1.60 bits per heavy atom. The van der Waals surface area contributed by atoms with Crippen LogP contribution in [0, 0.1) is 18.8 Å². The Morgan fingerprint density at radius 3 is 2.20 bits per heavy atom. The van der Waals surface area contributed by atoms with Gasteiger partial charge in [-0.25, -0.2) is 13.4 Å². The standard InChI is InChI=1S/C30H33BrN4O3S2/c1-20(2)18-34(19-21(3)4)40(37,38)26-13-9-24(10-14-26)29(36)35(32-17-23-7-11-25(31)12-8-23)30-33-27-15-6-22(5)16-28(27)39-30/h6-17,20-21H,18-19H2,1-5H3/b32-17+. The molecule has 40 heavy (non-hydrogen) atoms. The van der Waals surface area contributed by atoms with E-state index in [0.29, 0.717) is 23.8 Å². The van der Waals surface area contributed by atoms with E-state index < -0.39 is 15.9 Å². The Morgan fingerprint density at radius 1 is 0.975 bits per heavy atom. The SMILES string of the molecule is Cc1ccc2nc(N(/N=C/c3ccc(Br)cc3)C(=O)c3ccc(S(=O)(=O)N(CC(C)C)CC(C)C)cc3)sc2c1. The summed E-state index contributed by atoms with van der Waals surface area (Å²) in [5, 5.41) is 6.22. The molecular weight excluding hydrogens is 608 g/mol. The number of carbonyl (C=O) groups excluding carboxylic acids is 1. The minimum atomic E-state index is -3.71. The third-order valence-corrected chi connectivity index (χ3v) is 9.34. The Hall–Kier alpha value is -2.92. The minimum absolute atomic E-state index is 0.158. The van der Waals surface area contributed by atoms with Crippen LogP contribution >= 0.6 is 27.3 Å². The van der Waals surface area contributed by atoms with Gasteiger partial charge >= 0.3 is 0 Å². The highest BCUT2D eigenvalue weighted by Crippen LogP contribution is 2.31. The number of fused-ring (bicyclic) bond motifs is 1. The highest BCUT2D eigenvalue weighted by Gasteiger charge is 2.27. The molecule has 0 radical (unpaired) electrons. The second-order valence-corrected chi connectivity index (χ2v) is 14.4. The minimum Gasteiger partial charge on any atom is -0.267 e. The van der Waals surface area contributed by atoms with Crippen LogP contribution in [0.25, 0.3) is 10.2 Å². The molecule has 0 aliphatic carbocycles. The zero-order chi connectivity index (χ0) is 29.0. The summed E-state index contributed by atoms with van der Waals surface area (Å²) >= 11 is 4.80. The number of halogens is 1. The molecule has 0 aliphatic rings. The fraction of sp³-hybridized carbons (Fsp3) is 0.300. The molecular formula is C30H33BrN4O3S2. The fourth-order valence-corrected chi connectivity index (χ4v) is 7.15. The number of carbonyl (C=O) groups is 1. The predicted octanol–water partition coefficient (Wildman–Crippen LogP) is 7.35. The largest absolute Gasteiger partial charge is 0.280 e. The van der Waals surface area contributed by atoms with E-state index in [-0.39, 0.29) is 16.7 Å². The third-order valence-electron chi connectivity index (χ3n) is 5.98. The second kappa shape index (κ2) is 12.7. The average molecular weight is 642 g/mol. The van der Waals surface area contributed by atoms with Gasteiger partial charge in [0.25, 0.3) is 5.91 Å². The quantitative estimate of drug-likeness (QED) is 0.134. The Kier molecular flexibility index (Phi) is 9.56. The van der Waals surface area contributed by atoms with E-state index >= 15 is 0 Å². The van der Waals surface area contributed by atoms with Crippen LogP contribution in [0.1, 0.15) is 49.2 Å². The molecule has 0 fully saturated rings. The van der Waals surface area contributed by atoms with E-state index in [9.17, 15) is 13.2 Å². The van der Waals surface area contributed by atoms with Crippen LogP contribution in [-0.4, -0.2) is 42.9 Å². The molecule has 4 rings (SSSR count). The van der Waals surface area contributed by atoms with Crippen molar-refractivity contribution in [3.63, 3.8) is 0 Å². The molecule has 0 saturated heterocycles. The van der Waals surface area contributed by atoms with Crippen LogP contribution in [0.5, 0.6) is 0 Å². The lowest BCUT2D eigenvalue weighted by Gasteiger charge is -2.25. The normalized spacial score (nSPS) is 12.3. The Balaban J connectivity index is 1.68. The topological polar surface area (TPSA) is 82.9 Å². The molecule has 4 aromatic rings. The first-order valence-electron chi connectivity index (χ1n) is 13.1. The summed E-state index contributed by atoms with van der Waals surface area (Å²) in [4.78, 5) is 18.6. The molecule has 0 bridgehead atoms. The maximum Gasteiger partial charge on any atom is 0.280 e. The van der Waals surface area contributed by atoms with E-state index in [4.69, 9.17) is 0 Å². The van der Waals surface area contributed by atoms with Gasteiger partial charge in [0.05, 0.1) is 21.3 Å². The van der Waals surface area contributed by atoms with Gasteiger partial charge in [-0.3, -0.25) is 4.79 Å². The van der Waals surface area contributed by atoms with Gasteiger partial charge in [0.1, 0.15) is 0 Å². The van der Waals surface area contributed by atoms with Crippen LogP contribution in [-0.2, 0) is 10.0 Å². The van der Waals surface area contributed by atoms with Gasteiger partial charge in [0.2, 0.25) is 15.2 Å². The van der Waals surface area contributed by atoms with Crippen molar-refractivity contribution in [3.05, 3.63) is 87.9 Å². The van der Waals surface area contributed by atoms with Crippen molar-refractivity contribution in [2.45, 2.75) is 39.5 Å². The average Bonchev–Trinajstić information content (AvgIpc) is 3.31. The highest BCUT2D eigenvalue weighted by atomic mass is 79.9. The smallest absolute Gasteiger partial charge is 0.267 e. The maximum atomic E-state index is 13.8. The van der Waals surface area contributed by atoms with Crippen molar-refractivity contribution in [2.75, 3.05) is 18.1 Å². The Bertz CT molecular complexity index is 1600. The number of amides is 1. The molecule has 3 aromatic carbocycles. The summed E-state index contributed by atoms with van der Waals surface area (Å²) < 4.78 is 30.3. The highest BCUT2D eigenvalue weighted by molar-refractivity contribution is 9.10. The van der Waals surface area contributed by atoms with Gasteiger partial charge in [-0.2, -0.15) is 14.4 Å². The molecule has 0 spiro atoms. The number of benzene rings is 3. The van der Waals surface area contributed by atoms with Crippen LogP contribution in [0.3, 0.4) is 0 Å². The molecule has 0 N–H and O–H groups in total. The zero-order valence-electron chi connectivity index (χ0n) is 23.2. The number of aromatic nitrogens is 1. The summed E-state index contributed by atoms with van der Waals surface area (Å²) in [6.07, 6.45) is 1.61. The van der Waals surface area contributed by atoms with Gasteiger partial charge < -0.3 is 0 Å². The number of anilines is 1. The first kappa shape index (κ1) is 30.0. The molecule has 7 nitrogen and oxygen atoms in total. The van der Waals surface area contributed by atoms with Crippen LogP contribution < -0.4 is 5.01 Å². The van der Waals surface area contributed by atoms with E-state index in [0.717, 1.165) is 25.8 Å². The molecule has 0 unspecified atom stereocenters. The number of hydrogen-bond acceptors (Lipinski definition) is 6. The van der Waals surface area contributed by atoms with Crippen molar-refractivity contribution in [2.24, 2.45) is 16.9 Å². The van der Waals surface area contributed by atoms with Gasteiger partial charge in [-0.15, -0.1) is 0 Å². The van der Waals surface area contributed by atoms with Crippen LogP contribution in [0.2, 0.25) is 0 Å². The first-order valence-corrected chi connectivity index (χ1v) is 16.1. The number of rotatable bonds is 10.